The van der Waals surface area contributed by atoms with Gasteiger partial charge in [-0.1, -0.05) is 0 Å². The molecular formula is C13H17N3O. The summed E-state index contributed by atoms with van der Waals surface area (Å²) in [5.74, 6) is 0.597. The molecule has 1 aliphatic rings. The normalized spacial score (nSPS) is 16.0. The van der Waals surface area contributed by atoms with Crippen molar-refractivity contribution in [2.45, 2.75) is 45.3 Å². The zero-order valence-corrected chi connectivity index (χ0v) is 10.2. The maximum absolute atomic E-state index is 9.45. The third-order valence-electron chi connectivity index (χ3n) is 3.33. The van der Waals surface area contributed by atoms with Gasteiger partial charge in [0, 0.05) is 23.0 Å². The molecule has 1 aliphatic carbocycles. The number of hydrogen-bond acceptors (Lipinski definition) is 3. The molecule has 1 fully saturated rings. The first kappa shape index (κ1) is 10.7. The highest BCUT2D eigenvalue weighted by Gasteiger charge is 2.26. The van der Waals surface area contributed by atoms with Crippen molar-refractivity contribution >= 4 is 11.0 Å². The molecule has 0 radical (unpaired) electrons. The van der Waals surface area contributed by atoms with Gasteiger partial charge in [-0.25, -0.2) is 9.67 Å². The Hall–Kier alpha value is -1.42. The molecule has 0 amide bonds. The van der Waals surface area contributed by atoms with Crippen LogP contribution in [-0.4, -0.2) is 19.9 Å². The molecule has 0 aromatic carbocycles. The lowest BCUT2D eigenvalue weighted by Crippen LogP contribution is -2.04. The van der Waals surface area contributed by atoms with Gasteiger partial charge in [-0.05, 0) is 38.3 Å². The summed E-state index contributed by atoms with van der Waals surface area (Å²) in [4.78, 5) is 4.72. The fourth-order valence-corrected chi connectivity index (χ4v) is 2.20. The first-order chi connectivity index (χ1) is 8.20. The Bertz CT molecular complexity index is 555. The minimum absolute atomic E-state index is 0.0581. The summed E-state index contributed by atoms with van der Waals surface area (Å²) in [6, 6.07) is 2.33. The third kappa shape index (κ3) is 1.72. The lowest BCUT2D eigenvalue weighted by atomic mass is 10.1. The Labute approximate surface area is 100 Å². The van der Waals surface area contributed by atoms with Gasteiger partial charge in [0.15, 0.2) is 5.65 Å². The van der Waals surface area contributed by atoms with Crippen molar-refractivity contribution in [3.05, 3.63) is 23.5 Å². The van der Waals surface area contributed by atoms with E-state index in [0.29, 0.717) is 12.0 Å². The first-order valence-electron chi connectivity index (χ1n) is 6.18. The maximum Gasteiger partial charge on any atom is 0.158 e. The van der Waals surface area contributed by atoms with Gasteiger partial charge in [0.05, 0.1) is 12.8 Å². The second-order valence-electron chi connectivity index (χ2n) is 5.06. The first-order valence-corrected chi connectivity index (χ1v) is 6.18. The van der Waals surface area contributed by atoms with Crippen molar-refractivity contribution in [3.8, 4) is 0 Å². The van der Waals surface area contributed by atoms with Gasteiger partial charge in [-0.15, -0.1) is 0 Å². The number of fused-ring (bicyclic) bond motifs is 1. The average Bonchev–Trinajstić information content (AvgIpc) is 3.07. The monoisotopic (exact) mass is 231 g/mol. The molecule has 0 saturated heterocycles. The molecule has 0 aliphatic heterocycles. The van der Waals surface area contributed by atoms with Gasteiger partial charge in [-0.2, -0.15) is 5.10 Å². The van der Waals surface area contributed by atoms with Gasteiger partial charge >= 0.3 is 0 Å². The highest BCUT2D eigenvalue weighted by Crippen LogP contribution is 2.40. The smallest absolute Gasteiger partial charge is 0.158 e. The molecule has 1 N–H and O–H groups in total. The second-order valence-corrected chi connectivity index (χ2v) is 5.06. The minimum atomic E-state index is 0.0581. The van der Waals surface area contributed by atoms with Gasteiger partial charge < -0.3 is 5.11 Å². The largest absolute Gasteiger partial charge is 0.392 e. The van der Waals surface area contributed by atoms with Crippen LogP contribution >= 0.6 is 0 Å². The molecule has 2 aromatic heterocycles. The van der Waals surface area contributed by atoms with E-state index < -0.39 is 0 Å². The van der Waals surface area contributed by atoms with E-state index in [1.807, 2.05) is 16.9 Å². The molecule has 2 aromatic rings. The Balaban J connectivity index is 2.23. The molecular weight excluding hydrogens is 214 g/mol. The van der Waals surface area contributed by atoms with E-state index in [9.17, 15) is 5.11 Å². The third-order valence-corrected chi connectivity index (χ3v) is 3.33. The van der Waals surface area contributed by atoms with Crippen LogP contribution in [0.2, 0.25) is 0 Å². The number of aromatic nitrogens is 3. The summed E-state index contributed by atoms with van der Waals surface area (Å²) in [6.45, 7) is 4.25. The molecule has 17 heavy (non-hydrogen) atoms. The SMILES string of the molecule is CC(C)n1ncc2c(CO)cc(C3CC3)nc21. The number of hydrogen-bond donors (Lipinski definition) is 1. The lowest BCUT2D eigenvalue weighted by molar-refractivity contribution is 0.283. The topological polar surface area (TPSA) is 50.9 Å². The zero-order valence-electron chi connectivity index (χ0n) is 10.2. The van der Waals surface area contributed by atoms with Crippen LogP contribution in [0.1, 0.15) is 49.9 Å². The zero-order chi connectivity index (χ0) is 12.0. The number of nitrogens with zero attached hydrogens (tertiary/aromatic N) is 3. The molecule has 1 saturated carbocycles. The van der Waals surface area contributed by atoms with Crippen LogP contribution in [0.15, 0.2) is 12.3 Å². The predicted octanol–water partition coefficient (Wildman–Crippen LogP) is 2.38. The molecule has 90 valence electrons. The van der Waals surface area contributed by atoms with Crippen molar-refractivity contribution in [3.63, 3.8) is 0 Å². The van der Waals surface area contributed by atoms with Gasteiger partial charge in [0.1, 0.15) is 0 Å². The fraction of sp³-hybridized carbons (Fsp3) is 0.538. The Morgan fingerprint density at radius 1 is 1.47 bits per heavy atom. The summed E-state index contributed by atoms with van der Waals surface area (Å²) in [6.07, 6.45) is 4.25. The van der Waals surface area contributed by atoms with E-state index in [4.69, 9.17) is 4.98 Å². The van der Waals surface area contributed by atoms with Crippen molar-refractivity contribution in [2.24, 2.45) is 0 Å². The van der Waals surface area contributed by atoms with Crippen molar-refractivity contribution in [2.75, 3.05) is 0 Å². The standard InChI is InChI=1S/C13H17N3O/c1-8(2)16-13-11(6-14-16)10(7-17)5-12(15-13)9-3-4-9/h5-6,8-9,17H,3-4,7H2,1-2H3. The fourth-order valence-electron chi connectivity index (χ4n) is 2.20. The van der Waals surface area contributed by atoms with E-state index >= 15 is 0 Å². The van der Waals surface area contributed by atoms with Crippen molar-refractivity contribution in [1.29, 1.82) is 0 Å². The molecule has 0 bridgehead atoms. The average molecular weight is 231 g/mol. The van der Waals surface area contributed by atoms with Crippen LogP contribution in [0.25, 0.3) is 11.0 Å². The van der Waals surface area contributed by atoms with Gasteiger partial charge in [-0.3, -0.25) is 0 Å². The maximum atomic E-state index is 9.45. The summed E-state index contributed by atoms with van der Waals surface area (Å²) in [5, 5.41) is 14.8. The van der Waals surface area contributed by atoms with Crippen LogP contribution in [0.3, 0.4) is 0 Å². The predicted molar refractivity (Wildman–Crippen MR) is 65.8 cm³/mol. The highest BCUT2D eigenvalue weighted by molar-refractivity contribution is 5.79. The summed E-state index contributed by atoms with van der Waals surface area (Å²) >= 11 is 0. The number of pyridine rings is 1. The highest BCUT2D eigenvalue weighted by atomic mass is 16.3. The van der Waals surface area contributed by atoms with Crippen LogP contribution in [0.5, 0.6) is 0 Å². The number of rotatable bonds is 3. The minimum Gasteiger partial charge on any atom is -0.392 e. The lowest BCUT2D eigenvalue weighted by Gasteiger charge is -2.09. The molecule has 4 heteroatoms. The molecule has 4 nitrogen and oxygen atoms in total. The summed E-state index contributed by atoms with van der Waals surface area (Å²) in [5.41, 5.74) is 2.97. The second kappa shape index (κ2) is 3.81. The van der Waals surface area contributed by atoms with Crippen molar-refractivity contribution < 1.29 is 5.11 Å². The number of aliphatic hydroxyl groups is 1. The summed E-state index contributed by atoms with van der Waals surface area (Å²) < 4.78 is 1.93. The van der Waals surface area contributed by atoms with E-state index in [-0.39, 0.29) is 6.61 Å². The molecule has 3 rings (SSSR count). The van der Waals surface area contributed by atoms with Gasteiger partial charge in [0.25, 0.3) is 0 Å². The molecule has 2 heterocycles. The van der Waals surface area contributed by atoms with E-state index in [2.05, 4.69) is 18.9 Å². The van der Waals surface area contributed by atoms with Crippen LogP contribution in [0, 0.1) is 0 Å². The van der Waals surface area contributed by atoms with E-state index in [1.54, 1.807) is 0 Å². The molecule has 0 spiro atoms. The Kier molecular flexibility index (Phi) is 2.40. The summed E-state index contributed by atoms with van der Waals surface area (Å²) in [7, 11) is 0. The number of aliphatic hydroxyl groups excluding tert-OH is 1. The molecule has 0 unspecified atom stereocenters. The molecule has 0 atom stereocenters. The van der Waals surface area contributed by atoms with E-state index in [0.717, 1.165) is 22.3 Å². The van der Waals surface area contributed by atoms with Crippen molar-refractivity contribution in [1.82, 2.24) is 14.8 Å². The Morgan fingerprint density at radius 3 is 2.82 bits per heavy atom. The van der Waals surface area contributed by atoms with Crippen LogP contribution in [-0.2, 0) is 6.61 Å². The quantitative estimate of drug-likeness (QED) is 0.882. The van der Waals surface area contributed by atoms with Gasteiger partial charge in [0.2, 0.25) is 0 Å². The van der Waals surface area contributed by atoms with Crippen LogP contribution < -0.4 is 0 Å². The van der Waals surface area contributed by atoms with E-state index in [1.165, 1.54) is 12.8 Å². The van der Waals surface area contributed by atoms with Crippen LogP contribution in [0.4, 0.5) is 0 Å². The Morgan fingerprint density at radius 2 is 2.24 bits per heavy atom.